The Hall–Kier alpha value is -0.970. The normalized spacial score (nSPS) is 9.30. The van der Waals surface area contributed by atoms with Crippen LogP contribution < -0.4 is 0 Å². The molecule has 0 radical (unpaired) electrons. The summed E-state index contributed by atoms with van der Waals surface area (Å²) in [6, 6.07) is 0. The number of nitrogens with zero attached hydrogens (tertiary/aromatic N) is 2. The standard InChI is InChI=1S/C5H3BrN2O2/c6-4-3(5(9)10)1-7-2-8-4/h1-2H,(H,9,10). The van der Waals surface area contributed by atoms with Gasteiger partial charge in [0, 0.05) is 6.20 Å². The van der Waals surface area contributed by atoms with Crippen molar-refractivity contribution in [1.29, 1.82) is 0 Å². The molecule has 1 rings (SSSR count). The summed E-state index contributed by atoms with van der Waals surface area (Å²) < 4.78 is 0.301. The fourth-order valence-electron chi connectivity index (χ4n) is 0.458. The van der Waals surface area contributed by atoms with Gasteiger partial charge in [-0.1, -0.05) is 0 Å². The number of aromatic carboxylic acids is 1. The molecule has 10 heavy (non-hydrogen) atoms. The summed E-state index contributed by atoms with van der Waals surface area (Å²) in [5.41, 5.74) is 0.0718. The Labute approximate surface area is 65.1 Å². The predicted octanol–water partition coefficient (Wildman–Crippen LogP) is 0.937. The molecule has 1 aromatic rings. The maximum absolute atomic E-state index is 10.3. The van der Waals surface area contributed by atoms with Gasteiger partial charge < -0.3 is 5.11 Å². The molecule has 0 unspecified atom stereocenters. The highest BCUT2D eigenvalue weighted by Gasteiger charge is 2.07. The number of hydrogen-bond donors (Lipinski definition) is 1. The van der Waals surface area contributed by atoms with E-state index in [0.29, 0.717) is 4.60 Å². The van der Waals surface area contributed by atoms with E-state index in [1.54, 1.807) is 0 Å². The molecule has 0 aliphatic carbocycles. The minimum Gasteiger partial charge on any atom is -0.478 e. The number of hydrogen-bond acceptors (Lipinski definition) is 3. The number of halogens is 1. The van der Waals surface area contributed by atoms with E-state index in [1.165, 1.54) is 12.5 Å². The van der Waals surface area contributed by atoms with Gasteiger partial charge in [-0.2, -0.15) is 0 Å². The van der Waals surface area contributed by atoms with Gasteiger partial charge in [0.25, 0.3) is 0 Å². The number of aromatic nitrogens is 2. The molecular weight excluding hydrogens is 200 g/mol. The van der Waals surface area contributed by atoms with Crippen LogP contribution in [-0.2, 0) is 0 Å². The Morgan fingerprint density at radius 3 is 2.80 bits per heavy atom. The van der Waals surface area contributed by atoms with Crippen molar-refractivity contribution in [3.63, 3.8) is 0 Å². The molecule has 0 aliphatic heterocycles. The van der Waals surface area contributed by atoms with E-state index in [-0.39, 0.29) is 5.56 Å². The quantitative estimate of drug-likeness (QED) is 0.689. The van der Waals surface area contributed by atoms with Crippen molar-refractivity contribution in [2.75, 3.05) is 0 Å². The van der Waals surface area contributed by atoms with E-state index < -0.39 is 5.97 Å². The van der Waals surface area contributed by atoms with E-state index in [1.807, 2.05) is 0 Å². The van der Waals surface area contributed by atoms with E-state index in [4.69, 9.17) is 5.11 Å². The molecule has 52 valence electrons. The van der Waals surface area contributed by atoms with Gasteiger partial charge in [-0.15, -0.1) is 0 Å². The summed E-state index contributed by atoms with van der Waals surface area (Å²) in [6.07, 6.45) is 2.51. The lowest BCUT2D eigenvalue weighted by Gasteiger charge is -1.92. The first-order valence-corrected chi connectivity index (χ1v) is 3.20. The molecule has 1 heterocycles. The Kier molecular flexibility index (Phi) is 1.96. The molecular formula is C5H3BrN2O2. The second-order valence-electron chi connectivity index (χ2n) is 1.53. The minimum atomic E-state index is -1.03. The Morgan fingerprint density at radius 1 is 1.70 bits per heavy atom. The summed E-state index contributed by atoms with van der Waals surface area (Å²) in [5, 5.41) is 8.46. The third-order valence-electron chi connectivity index (χ3n) is 0.894. The van der Waals surface area contributed by atoms with Gasteiger partial charge in [0.2, 0.25) is 0 Å². The van der Waals surface area contributed by atoms with Crippen molar-refractivity contribution in [1.82, 2.24) is 9.97 Å². The zero-order valence-corrected chi connectivity index (χ0v) is 6.37. The highest BCUT2D eigenvalue weighted by molar-refractivity contribution is 9.10. The van der Waals surface area contributed by atoms with Crippen molar-refractivity contribution in [2.45, 2.75) is 0 Å². The van der Waals surface area contributed by atoms with Gasteiger partial charge in [0.15, 0.2) is 0 Å². The van der Waals surface area contributed by atoms with Gasteiger partial charge in [-0.05, 0) is 15.9 Å². The van der Waals surface area contributed by atoms with Gasteiger partial charge in [0.05, 0.1) is 0 Å². The molecule has 5 heteroatoms. The lowest BCUT2D eigenvalue weighted by molar-refractivity contribution is 0.0695. The first-order chi connectivity index (χ1) is 4.72. The number of carbonyl (C=O) groups is 1. The van der Waals surface area contributed by atoms with Crippen LogP contribution in [0.15, 0.2) is 17.1 Å². The average molecular weight is 203 g/mol. The smallest absolute Gasteiger partial charge is 0.340 e. The zero-order chi connectivity index (χ0) is 7.56. The van der Waals surface area contributed by atoms with Gasteiger partial charge in [0.1, 0.15) is 16.5 Å². The monoisotopic (exact) mass is 202 g/mol. The molecule has 0 saturated carbocycles. The maximum atomic E-state index is 10.3. The first-order valence-electron chi connectivity index (χ1n) is 2.40. The molecule has 0 saturated heterocycles. The van der Waals surface area contributed by atoms with Crippen LogP contribution in [0.5, 0.6) is 0 Å². The fraction of sp³-hybridized carbons (Fsp3) is 0. The largest absolute Gasteiger partial charge is 0.478 e. The molecule has 0 fully saturated rings. The fourth-order valence-corrected chi connectivity index (χ4v) is 0.822. The summed E-state index contributed by atoms with van der Waals surface area (Å²) in [4.78, 5) is 17.5. The Balaban J connectivity index is 3.15. The molecule has 0 amide bonds. The van der Waals surface area contributed by atoms with Gasteiger partial charge >= 0.3 is 5.97 Å². The summed E-state index contributed by atoms with van der Waals surface area (Å²) in [5.74, 6) is -1.03. The molecule has 0 bridgehead atoms. The predicted molar refractivity (Wildman–Crippen MR) is 36.7 cm³/mol. The first kappa shape index (κ1) is 7.14. The lowest BCUT2D eigenvalue weighted by Crippen LogP contribution is -1.99. The summed E-state index contributed by atoms with van der Waals surface area (Å²) in [7, 11) is 0. The zero-order valence-electron chi connectivity index (χ0n) is 4.78. The van der Waals surface area contributed by atoms with E-state index in [0.717, 1.165) is 0 Å². The van der Waals surface area contributed by atoms with E-state index in [2.05, 4.69) is 25.9 Å². The second-order valence-corrected chi connectivity index (χ2v) is 2.28. The molecule has 1 aromatic heterocycles. The van der Waals surface area contributed by atoms with E-state index in [9.17, 15) is 4.79 Å². The topological polar surface area (TPSA) is 63.1 Å². The second kappa shape index (κ2) is 2.74. The number of rotatable bonds is 1. The molecule has 0 aliphatic rings. The minimum absolute atomic E-state index is 0.0718. The third-order valence-corrected chi connectivity index (χ3v) is 1.53. The van der Waals surface area contributed by atoms with Crippen molar-refractivity contribution in [2.24, 2.45) is 0 Å². The van der Waals surface area contributed by atoms with Crippen molar-refractivity contribution >= 4 is 21.9 Å². The van der Waals surface area contributed by atoms with Crippen LogP contribution >= 0.6 is 15.9 Å². The number of carboxylic acid groups (broad SMARTS) is 1. The maximum Gasteiger partial charge on any atom is 0.340 e. The molecule has 4 nitrogen and oxygen atoms in total. The van der Waals surface area contributed by atoms with Crippen molar-refractivity contribution in [3.8, 4) is 0 Å². The van der Waals surface area contributed by atoms with Crippen LogP contribution in [0.1, 0.15) is 10.4 Å². The molecule has 1 N–H and O–H groups in total. The summed E-state index contributed by atoms with van der Waals surface area (Å²) >= 11 is 2.96. The molecule has 0 aromatic carbocycles. The molecule has 0 atom stereocenters. The summed E-state index contributed by atoms with van der Waals surface area (Å²) in [6.45, 7) is 0. The van der Waals surface area contributed by atoms with Gasteiger partial charge in [-0.3, -0.25) is 0 Å². The average Bonchev–Trinajstić information content (AvgIpc) is 1.88. The third kappa shape index (κ3) is 1.30. The van der Waals surface area contributed by atoms with Crippen molar-refractivity contribution in [3.05, 3.63) is 22.7 Å². The molecule has 0 spiro atoms. The van der Waals surface area contributed by atoms with Gasteiger partial charge in [-0.25, -0.2) is 14.8 Å². The highest BCUT2D eigenvalue weighted by Crippen LogP contribution is 2.09. The Bertz CT molecular complexity index is 264. The lowest BCUT2D eigenvalue weighted by atomic mass is 10.4. The van der Waals surface area contributed by atoms with Crippen LogP contribution in [-0.4, -0.2) is 21.0 Å². The van der Waals surface area contributed by atoms with Crippen LogP contribution in [0.3, 0.4) is 0 Å². The van der Waals surface area contributed by atoms with Crippen LogP contribution in [0, 0.1) is 0 Å². The highest BCUT2D eigenvalue weighted by atomic mass is 79.9. The van der Waals surface area contributed by atoms with Crippen molar-refractivity contribution < 1.29 is 9.90 Å². The van der Waals surface area contributed by atoms with Crippen LogP contribution in [0.4, 0.5) is 0 Å². The number of carboxylic acids is 1. The van der Waals surface area contributed by atoms with E-state index >= 15 is 0 Å². The Morgan fingerprint density at radius 2 is 2.40 bits per heavy atom. The van der Waals surface area contributed by atoms with Crippen LogP contribution in [0.25, 0.3) is 0 Å². The van der Waals surface area contributed by atoms with Crippen LogP contribution in [0.2, 0.25) is 0 Å². The SMILES string of the molecule is O=C(O)c1cncnc1Br.